The summed E-state index contributed by atoms with van der Waals surface area (Å²) in [5.41, 5.74) is 10.1. The number of amides is 2. The molecule has 2 atom stereocenters. The average Bonchev–Trinajstić information content (AvgIpc) is 3.81. The Balaban J connectivity index is 0.000000192. The first-order valence-electron chi connectivity index (χ1n) is 13.5. The van der Waals surface area contributed by atoms with Crippen LogP contribution in [0.4, 0.5) is 11.4 Å². The SMILES string of the molecule is CC(CCC(=O)Nc1ccc2cnsc2c1)c1ccsc1.Cl.NC(CCC(=O)Nc1ccc2cnsc2c1)c1ccsc1. The van der Waals surface area contributed by atoms with Gasteiger partial charge in [0, 0.05) is 53.4 Å². The van der Waals surface area contributed by atoms with E-state index in [0.717, 1.165) is 43.5 Å². The van der Waals surface area contributed by atoms with Crippen LogP contribution in [-0.2, 0) is 9.59 Å². The third-order valence-corrected chi connectivity index (χ3v) is 9.78. The molecule has 224 valence electrons. The molecular weight excluding hydrogens is 638 g/mol. The Morgan fingerprint density at radius 3 is 1.79 bits per heavy atom. The van der Waals surface area contributed by atoms with Crippen LogP contribution in [0.25, 0.3) is 20.2 Å². The van der Waals surface area contributed by atoms with Crippen molar-refractivity contribution in [3.8, 4) is 0 Å². The second-order valence-electron chi connectivity index (χ2n) is 9.95. The zero-order valence-electron chi connectivity index (χ0n) is 23.4. The van der Waals surface area contributed by atoms with E-state index >= 15 is 0 Å². The maximum Gasteiger partial charge on any atom is 0.224 e. The molecule has 2 aromatic carbocycles. The van der Waals surface area contributed by atoms with E-state index in [4.69, 9.17) is 5.73 Å². The van der Waals surface area contributed by atoms with Gasteiger partial charge in [0.1, 0.15) is 0 Å². The summed E-state index contributed by atoms with van der Waals surface area (Å²) in [7, 11) is 0. The molecule has 4 N–H and O–H groups in total. The van der Waals surface area contributed by atoms with Crippen molar-refractivity contribution in [2.75, 3.05) is 10.6 Å². The van der Waals surface area contributed by atoms with Gasteiger partial charge < -0.3 is 16.4 Å². The van der Waals surface area contributed by atoms with Crippen LogP contribution < -0.4 is 16.4 Å². The van der Waals surface area contributed by atoms with Gasteiger partial charge in [0.25, 0.3) is 0 Å². The van der Waals surface area contributed by atoms with Crippen LogP contribution in [0.2, 0.25) is 0 Å². The van der Waals surface area contributed by atoms with Gasteiger partial charge in [0.05, 0.1) is 9.40 Å². The molecule has 7 nitrogen and oxygen atoms in total. The number of hydrogen-bond donors (Lipinski definition) is 3. The topological polar surface area (TPSA) is 110 Å². The second kappa shape index (κ2) is 16.0. The minimum Gasteiger partial charge on any atom is -0.326 e. The number of nitrogens with one attached hydrogen (secondary N) is 2. The average molecular weight is 670 g/mol. The molecule has 6 rings (SSSR count). The highest BCUT2D eigenvalue weighted by Crippen LogP contribution is 2.25. The summed E-state index contributed by atoms with van der Waals surface area (Å²) < 4.78 is 10.4. The van der Waals surface area contributed by atoms with Crippen LogP contribution in [0.3, 0.4) is 0 Å². The number of carbonyl (C=O) groups excluding carboxylic acids is 2. The van der Waals surface area contributed by atoms with Gasteiger partial charge in [-0.05, 0) is 123 Å². The van der Waals surface area contributed by atoms with Gasteiger partial charge in [-0.2, -0.15) is 31.4 Å². The molecule has 12 heteroatoms. The van der Waals surface area contributed by atoms with Gasteiger partial charge >= 0.3 is 0 Å². The van der Waals surface area contributed by atoms with Crippen LogP contribution in [0.5, 0.6) is 0 Å². The van der Waals surface area contributed by atoms with Gasteiger partial charge in [-0.15, -0.1) is 12.4 Å². The summed E-state index contributed by atoms with van der Waals surface area (Å²) in [6, 6.07) is 15.8. The number of carbonyl (C=O) groups is 2. The fraction of sp³-hybridized carbons (Fsp3) is 0.226. The molecule has 0 fully saturated rings. The molecule has 4 heterocycles. The number of benzene rings is 2. The summed E-state index contributed by atoms with van der Waals surface area (Å²) in [4.78, 5) is 24.0. The van der Waals surface area contributed by atoms with Gasteiger partial charge in [0.2, 0.25) is 11.8 Å². The lowest BCUT2D eigenvalue weighted by molar-refractivity contribution is -0.117. The van der Waals surface area contributed by atoms with Crippen molar-refractivity contribution in [3.63, 3.8) is 0 Å². The molecule has 0 radical (unpaired) electrons. The number of anilines is 2. The Morgan fingerprint density at radius 1 is 0.767 bits per heavy atom. The third-order valence-electron chi connectivity index (χ3n) is 6.85. The van der Waals surface area contributed by atoms with Crippen LogP contribution in [0, 0.1) is 0 Å². The molecule has 2 unspecified atom stereocenters. The summed E-state index contributed by atoms with van der Waals surface area (Å²) in [6.07, 6.45) is 6.13. The van der Waals surface area contributed by atoms with E-state index in [-0.39, 0.29) is 30.3 Å². The number of hydrogen-bond acceptors (Lipinski definition) is 9. The fourth-order valence-corrected chi connectivity index (χ4v) is 7.21. The van der Waals surface area contributed by atoms with Crippen molar-refractivity contribution in [2.24, 2.45) is 5.73 Å². The second-order valence-corrected chi connectivity index (χ2v) is 13.2. The van der Waals surface area contributed by atoms with E-state index < -0.39 is 0 Å². The van der Waals surface area contributed by atoms with E-state index in [1.807, 2.05) is 65.6 Å². The van der Waals surface area contributed by atoms with Crippen molar-refractivity contribution in [1.29, 1.82) is 0 Å². The number of nitrogens with two attached hydrogens (primary N) is 1. The molecule has 0 aliphatic carbocycles. The first-order chi connectivity index (χ1) is 20.4. The normalized spacial score (nSPS) is 12.1. The van der Waals surface area contributed by atoms with Crippen LogP contribution >= 0.6 is 58.1 Å². The number of halogens is 1. The van der Waals surface area contributed by atoms with E-state index in [0.29, 0.717) is 25.2 Å². The van der Waals surface area contributed by atoms with Crippen molar-refractivity contribution in [3.05, 3.63) is 93.6 Å². The zero-order valence-corrected chi connectivity index (χ0v) is 27.5. The molecule has 43 heavy (non-hydrogen) atoms. The van der Waals surface area contributed by atoms with Crippen molar-refractivity contribution in [2.45, 2.75) is 44.6 Å². The Bertz CT molecular complexity index is 1610. The number of nitrogens with zero attached hydrogens (tertiary/aromatic N) is 2. The molecule has 0 spiro atoms. The molecule has 0 aliphatic heterocycles. The third kappa shape index (κ3) is 9.40. The number of thiophene rings is 2. The molecule has 0 aliphatic rings. The molecule has 0 bridgehead atoms. The lowest BCUT2D eigenvalue weighted by Gasteiger charge is -2.10. The highest BCUT2D eigenvalue weighted by atomic mass is 35.5. The van der Waals surface area contributed by atoms with Crippen LogP contribution in [0.1, 0.15) is 55.7 Å². The van der Waals surface area contributed by atoms with Crippen molar-refractivity contribution in [1.82, 2.24) is 8.75 Å². The smallest absolute Gasteiger partial charge is 0.224 e. The Labute approximate surface area is 272 Å². The summed E-state index contributed by atoms with van der Waals surface area (Å²) in [5.74, 6) is 0.483. The van der Waals surface area contributed by atoms with Crippen LogP contribution in [-0.4, -0.2) is 20.6 Å². The molecular formula is C31H32ClN5O2S4. The predicted molar refractivity (Wildman–Crippen MR) is 186 cm³/mol. The number of fused-ring (bicyclic) bond motifs is 2. The maximum absolute atomic E-state index is 12.0. The van der Waals surface area contributed by atoms with Crippen molar-refractivity contribution < 1.29 is 9.59 Å². The summed E-state index contributed by atoms with van der Waals surface area (Å²) >= 11 is 6.19. The lowest BCUT2D eigenvalue weighted by atomic mass is 9.99. The minimum absolute atomic E-state index is 0. The monoisotopic (exact) mass is 669 g/mol. The Kier molecular flexibility index (Phi) is 12.2. The quantitative estimate of drug-likeness (QED) is 0.135. The van der Waals surface area contributed by atoms with E-state index in [1.54, 1.807) is 22.7 Å². The van der Waals surface area contributed by atoms with Crippen molar-refractivity contribution >= 4 is 102 Å². The molecule has 4 aromatic heterocycles. The molecule has 0 saturated carbocycles. The number of aromatic nitrogens is 2. The minimum atomic E-state index is -0.0778. The van der Waals surface area contributed by atoms with Crippen LogP contribution in [0.15, 0.2) is 82.4 Å². The lowest BCUT2D eigenvalue weighted by Crippen LogP contribution is -2.16. The first-order valence-corrected chi connectivity index (χ1v) is 17.0. The van der Waals surface area contributed by atoms with E-state index in [9.17, 15) is 9.59 Å². The summed E-state index contributed by atoms with van der Waals surface area (Å²) in [5, 5.41) is 16.3. The van der Waals surface area contributed by atoms with E-state index in [1.165, 1.54) is 28.6 Å². The van der Waals surface area contributed by atoms with Gasteiger partial charge in [-0.25, -0.2) is 0 Å². The predicted octanol–water partition coefficient (Wildman–Crippen LogP) is 9.08. The first kappa shape index (κ1) is 32.7. The molecule has 6 aromatic rings. The van der Waals surface area contributed by atoms with E-state index in [2.05, 4.69) is 43.1 Å². The molecule has 0 saturated heterocycles. The zero-order chi connectivity index (χ0) is 29.3. The summed E-state index contributed by atoms with van der Waals surface area (Å²) in [6.45, 7) is 2.17. The van der Waals surface area contributed by atoms with Gasteiger partial charge in [-0.3, -0.25) is 9.59 Å². The van der Waals surface area contributed by atoms with Gasteiger partial charge in [0.15, 0.2) is 0 Å². The highest BCUT2D eigenvalue weighted by Gasteiger charge is 2.11. The molecule has 2 amide bonds. The fourth-order valence-electron chi connectivity index (χ4n) is 4.33. The largest absolute Gasteiger partial charge is 0.326 e. The maximum atomic E-state index is 12.0. The standard InChI is InChI=1S/C16H16N2OS2.C15H15N3OS2.ClH/c1-11(13-6-7-20-10-13)2-5-16(19)18-14-4-3-12-9-17-21-15(12)8-14;16-13(11-5-6-20-9-11)3-4-15(19)18-12-2-1-10-8-17-21-14(10)7-12;/h3-4,6-11H,2,5H2,1H3,(H,18,19);1-2,5-9,13H,3-4,16H2,(H,18,19);1H. The Hall–Kier alpha value is -3.19. The Morgan fingerprint density at radius 2 is 1.28 bits per heavy atom. The van der Waals surface area contributed by atoms with Gasteiger partial charge in [-0.1, -0.05) is 6.92 Å². The number of rotatable bonds is 10. The highest BCUT2D eigenvalue weighted by molar-refractivity contribution is 7.13.